The van der Waals surface area contributed by atoms with Crippen LogP contribution in [0.2, 0.25) is 0 Å². The zero-order valence-electron chi connectivity index (χ0n) is 12.2. The van der Waals surface area contributed by atoms with Crippen LogP contribution in [0.3, 0.4) is 0 Å². The van der Waals surface area contributed by atoms with Gasteiger partial charge in [-0.15, -0.1) is 0 Å². The second-order valence-electron chi connectivity index (χ2n) is 5.55. The molecule has 0 fully saturated rings. The number of carboxylic acid groups (broad SMARTS) is 1. The average molecular weight is 254 g/mol. The van der Waals surface area contributed by atoms with E-state index in [0.717, 1.165) is 6.92 Å². The van der Waals surface area contributed by atoms with Gasteiger partial charge in [0.1, 0.15) is 0 Å². The minimum Gasteiger partial charge on any atom is -0.481 e. The maximum absolute atomic E-state index is 9.23. The Balaban J connectivity index is 0.000000631. The van der Waals surface area contributed by atoms with Crippen molar-refractivity contribution >= 4 is 5.97 Å². The average Bonchev–Trinajstić information content (AvgIpc) is 2.14. The summed E-state index contributed by atoms with van der Waals surface area (Å²) < 4.78 is 0. The molecule has 1 aliphatic carbocycles. The predicted molar refractivity (Wildman–Crippen MR) is 74.5 cm³/mol. The number of hydrogen-bond acceptors (Lipinski definition) is 2. The molecule has 0 bridgehead atoms. The largest absolute Gasteiger partial charge is 0.481 e. The second kappa shape index (κ2) is 7.37. The molecular weight excluding hydrogens is 228 g/mol. The lowest BCUT2D eigenvalue weighted by atomic mass is 9.72. The number of rotatable bonds is 2. The van der Waals surface area contributed by atoms with Gasteiger partial charge in [0.25, 0.3) is 5.97 Å². The third-order valence-electron chi connectivity index (χ3n) is 3.08. The number of allylic oxidation sites excluding steroid dienone is 3. The van der Waals surface area contributed by atoms with E-state index in [-0.39, 0.29) is 11.5 Å². The Morgan fingerprint density at radius 1 is 1.44 bits per heavy atom. The van der Waals surface area contributed by atoms with Crippen LogP contribution in [-0.2, 0) is 4.79 Å². The maximum atomic E-state index is 9.23. The molecule has 3 heteroatoms. The van der Waals surface area contributed by atoms with E-state index in [1.807, 2.05) is 6.08 Å². The van der Waals surface area contributed by atoms with Gasteiger partial charge in [-0.05, 0) is 44.1 Å². The molecule has 0 aliphatic heterocycles. The van der Waals surface area contributed by atoms with Crippen molar-refractivity contribution in [1.82, 2.24) is 0 Å². The van der Waals surface area contributed by atoms with Crippen molar-refractivity contribution in [3.63, 3.8) is 0 Å². The highest BCUT2D eigenvalue weighted by Gasteiger charge is 2.26. The summed E-state index contributed by atoms with van der Waals surface area (Å²) in [7, 11) is 0. The molecule has 1 aliphatic rings. The molecule has 2 N–H and O–H groups in total. The summed E-state index contributed by atoms with van der Waals surface area (Å²) in [4.78, 5) is 9.00. The molecule has 18 heavy (non-hydrogen) atoms. The first kappa shape index (κ1) is 16.9. The van der Waals surface area contributed by atoms with Gasteiger partial charge in [0.15, 0.2) is 0 Å². The van der Waals surface area contributed by atoms with Crippen LogP contribution in [0.1, 0.15) is 53.9 Å². The zero-order valence-corrected chi connectivity index (χ0v) is 12.2. The van der Waals surface area contributed by atoms with E-state index in [4.69, 9.17) is 9.90 Å². The van der Waals surface area contributed by atoms with Gasteiger partial charge in [-0.3, -0.25) is 4.79 Å². The van der Waals surface area contributed by atoms with Crippen LogP contribution in [0.15, 0.2) is 23.3 Å². The summed E-state index contributed by atoms with van der Waals surface area (Å²) in [5, 5.41) is 16.6. The lowest BCUT2D eigenvalue weighted by Gasteiger charge is -2.33. The third kappa shape index (κ3) is 6.60. The molecule has 3 nitrogen and oxygen atoms in total. The monoisotopic (exact) mass is 254 g/mol. The Labute approximate surface area is 110 Å². The fourth-order valence-electron chi connectivity index (χ4n) is 2.25. The van der Waals surface area contributed by atoms with Crippen LogP contribution in [0.4, 0.5) is 0 Å². The number of aliphatic hydroxyl groups excluding tert-OH is 1. The third-order valence-corrected chi connectivity index (χ3v) is 3.08. The molecule has 0 aromatic rings. The lowest BCUT2D eigenvalue weighted by Crippen LogP contribution is -2.19. The quantitative estimate of drug-likeness (QED) is 0.792. The molecule has 0 saturated carbocycles. The Hall–Kier alpha value is -1.09. The number of hydrogen-bond donors (Lipinski definition) is 2. The van der Waals surface area contributed by atoms with E-state index in [0.29, 0.717) is 0 Å². The van der Waals surface area contributed by atoms with Crippen LogP contribution < -0.4 is 0 Å². The lowest BCUT2D eigenvalue weighted by molar-refractivity contribution is -0.134. The Bertz CT molecular complexity index is 332. The first-order chi connectivity index (χ1) is 8.16. The van der Waals surface area contributed by atoms with E-state index >= 15 is 0 Å². The molecule has 0 aromatic heterocycles. The van der Waals surface area contributed by atoms with Crippen LogP contribution in [0.5, 0.6) is 0 Å². The van der Waals surface area contributed by atoms with Crippen molar-refractivity contribution in [2.24, 2.45) is 5.41 Å². The molecule has 1 unspecified atom stereocenters. The molecule has 104 valence electrons. The highest BCUT2D eigenvalue weighted by atomic mass is 16.4. The standard InChI is InChI=1S/C13H22O.C2H4O2/c1-10-6-5-9-13(3,4)12(10)8-7-11(2)14;1-2(3)4/h7-8,11,14H,5-6,9H2,1-4H3;1H3,(H,3,4). The van der Waals surface area contributed by atoms with Crippen molar-refractivity contribution in [2.45, 2.75) is 60.0 Å². The van der Waals surface area contributed by atoms with E-state index in [1.54, 1.807) is 6.92 Å². The summed E-state index contributed by atoms with van der Waals surface area (Å²) >= 11 is 0. The first-order valence-corrected chi connectivity index (χ1v) is 6.43. The van der Waals surface area contributed by atoms with Crippen molar-refractivity contribution in [3.8, 4) is 0 Å². The highest BCUT2D eigenvalue weighted by Crippen LogP contribution is 2.40. The van der Waals surface area contributed by atoms with E-state index in [9.17, 15) is 5.11 Å². The van der Waals surface area contributed by atoms with Crippen molar-refractivity contribution < 1.29 is 15.0 Å². The fourth-order valence-corrected chi connectivity index (χ4v) is 2.25. The van der Waals surface area contributed by atoms with Crippen molar-refractivity contribution in [2.75, 3.05) is 0 Å². The first-order valence-electron chi connectivity index (χ1n) is 6.43. The summed E-state index contributed by atoms with van der Waals surface area (Å²) in [5.74, 6) is -0.833. The molecular formula is C15H26O3. The number of carbonyl (C=O) groups is 1. The van der Waals surface area contributed by atoms with Crippen LogP contribution >= 0.6 is 0 Å². The minimum atomic E-state index is -0.833. The van der Waals surface area contributed by atoms with E-state index < -0.39 is 5.97 Å². The highest BCUT2D eigenvalue weighted by molar-refractivity contribution is 5.62. The molecule has 1 rings (SSSR count). The molecule has 0 saturated heterocycles. The fraction of sp³-hybridized carbons (Fsp3) is 0.667. The van der Waals surface area contributed by atoms with Crippen molar-refractivity contribution in [3.05, 3.63) is 23.3 Å². The molecule has 0 aromatic carbocycles. The van der Waals surface area contributed by atoms with Gasteiger partial charge in [-0.1, -0.05) is 31.6 Å². The summed E-state index contributed by atoms with van der Waals surface area (Å²) in [6, 6.07) is 0. The normalized spacial score (nSPS) is 20.3. The summed E-state index contributed by atoms with van der Waals surface area (Å²) in [6.45, 7) is 9.67. The van der Waals surface area contributed by atoms with Gasteiger partial charge in [-0.25, -0.2) is 0 Å². The molecule has 0 heterocycles. The summed E-state index contributed by atoms with van der Waals surface area (Å²) in [5.41, 5.74) is 3.19. The van der Waals surface area contributed by atoms with E-state index in [1.165, 1.54) is 30.4 Å². The topological polar surface area (TPSA) is 57.5 Å². The minimum absolute atomic E-state index is 0.285. The smallest absolute Gasteiger partial charge is 0.300 e. The van der Waals surface area contributed by atoms with Gasteiger partial charge in [0, 0.05) is 6.92 Å². The van der Waals surface area contributed by atoms with Gasteiger partial charge < -0.3 is 10.2 Å². The van der Waals surface area contributed by atoms with E-state index in [2.05, 4.69) is 26.8 Å². The second-order valence-corrected chi connectivity index (χ2v) is 5.55. The number of aliphatic carboxylic acids is 1. The maximum Gasteiger partial charge on any atom is 0.300 e. The molecule has 0 radical (unpaired) electrons. The summed E-state index contributed by atoms with van der Waals surface area (Å²) in [6.07, 6.45) is 7.41. The van der Waals surface area contributed by atoms with Crippen LogP contribution in [0, 0.1) is 5.41 Å². The molecule has 1 atom stereocenters. The number of carboxylic acids is 1. The van der Waals surface area contributed by atoms with Gasteiger partial charge in [0.05, 0.1) is 6.10 Å². The van der Waals surface area contributed by atoms with Crippen molar-refractivity contribution in [1.29, 1.82) is 0 Å². The van der Waals surface area contributed by atoms with Gasteiger partial charge in [-0.2, -0.15) is 0 Å². The Kier molecular flexibility index (Phi) is 6.92. The van der Waals surface area contributed by atoms with Gasteiger partial charge >= 0.3 is 0 Å². The molecule has 0 amide bonds. The Morgan fingerprint density at radius 3 is 2.33 bits per heavy atom. The Morgan fingerprint density at radius 2 is 1.94 bits per heavy atom. The van der Waals surface area contributed by atoms with Crippen LogP contribution in [-0.4, -0.2) is 22.3 Å². The van der Waals surface area contributed by atoms with Crippen LogP contribution in [0.25, 0.3) is 0 Å². The number of aliphatic hydroxyl groups is 1. The predicted octanol–water partition coefficient (Wildman–Crippen LogP) is 3.54. The molecule has 0 spiro atoms. The zero-order chi connectivity index (χ0) is 14.3. The van der Waals surface area contributed by atoms with Gasteiger partial charge in [0.2, 0.25) is 0 Å². The SMILES string of the molecule is CC(=O)O.CC1=C(C=CC(C)O)C(C)(C)CCC1.